The fraction of sp³-hybridized carbons (Fsp3) is 0.214. The third kappa shape index (κ3) is 4.37. The Hall–Kier alpha value is -4.33. The number of fused-ring (bicyclic) bond motifs is 1. The molecular weight excluding hydrogens is 461 g/mol. The highest BCUT2D eigenvalue weighted by Gasteiger charge is 2.26. The number of nitrogens with zero attached hydrogens (tertiary/aromatic N) is 2. The number of aromatic nitrogens is 2. The minimum atomic E-state index is -1.06. The van der Waals surface area contributed by atoms with Crippen LogP contribution in [0.1, 0.15) is 48.0 Å². The van der Waals surface area contributed by atoms with Crippen molar-refractivity contribution in [3.05, 3.63) is 94.2 Å². The largest absolute Gasteiger partial charge is 0.481 e. The van der Waals surface area contributed by atoms with Crippen molar-refractivity contribution in [3.8, 4) is 16.8 Å². The van der Waals surface area contributed by atoms with Crippen LogP contribution in [-0.4, -0.2) is 32.6 Å². The summed E-state index contributed by atoms with van der Waals surface area (Å²) in [6, 6.07) is 15.1. The second-order valence-corrected chi connectivity index (χ2v) is 8.95. The minimum Gasteiger partial charge on any atom is -0.481 e. The molecule has 1 saturated carbocycles. The third-order valence-corrected chi connectivity index (χ3v) is 6.46. The van der Waals surface area contributed by atoms with Crippen LogP contribution in [0.25, 0.3) is 27.8 Å². The first-order valence-electron chi connectivity index (χ1n) is 11.8. The van der Waals surface area contributed by atoms with Crippen LogP contribution in [-0.2, 0) is 4.79 Å². The number of benzene rings is 2. The summed E-state index contributed by atoms with van der Waals surface area (Å²) in [6.07, 6.45) is 5.16. The molecule has 1 aliphatic rings. The van der Waals surface area contributed by atoms with Crippen molar-refractivity contribution in [2.75, 3.05) is 0 Å². The maximum absolute atomic E-state index is 14.9. The number of carboxylic acids is 1. The number of halogens is 1. The normalized spacial score (nSPS) is 13.9. The predicted molar refractivity (Wildman–Crippen MR) is 134 cm³/mol. The van der Waals surface area contributed by atoms with E-state index in [4.69, 9.17) is 0 Å². The molecule has 182 valence electrons. The fourth-order valence-electron chi connectivity index (χ4n) is 4.36. The molecule has 0 unspecified atom stereocenters. The Morgan fingerprint density at radius 3 is 2.61 bits per heavy atom. The molecule has 1 aliphatic carbocycles. The minimum absolute atomic E-state index is 0.0301. The van der Waals surface area contributed by atoms with Crippen LogP contribution in [0.15, 0.2) is 71.8 Å². The summed E-state index contributed by atoms with van der Waals surface area (Å²) in [5, 5.41) is 12.6. The summed E-state index contributed by atoms with van der Waals surface area (Å²) in [5.74, 6) is -2.98. The lowest BCUT2D eigenvalue weighted by Gasteiger charge is -2.15. The summed E-state index contributed by atoms with van der Waals surface area (Å²) in [6.45, 7) is 1.71. The molecule has 2 aromatic carbocycles. The molecule has 1 atom stereocenters. The molecule has 0 saturated heterocycles. The van der Waals surface area contributed by atoms with Gasteiger partial charge in [-0.05, 0) is 60.7 Å². The Balaban J connectivity index is 1.60. The first-order chi connectivity index (χ1) is 17.4. The quantitative estimate of drug-likeness (QED) is 0.396. The molecule has 1 fully saturated rings. The van der Waals surface area contributed by atoms with Gasteiger partial charge in [-0.3, -0.25) is 14.4 Å². The highest BCUT2D eigenvalue weighted by Crippen LogP contribution is 2.29. The van der Waals surface area contributed by atoms with Crippen molar-refractivity contribution in [2.24, 2.45) is 0 Å². The van der Waals surface area contributed by atoms with E-state index < -0.39 is 23.6 Å². The van der Waals surface area contributed by atoms with Crippen LogP contribution in [0.4, 0.5) is 4.39 Å². The Morgan fingerprint density at radius 2 is 1.92 bits per heavy atom. The van der Waals surface area contributed by atoms with E-state index in [1.54, 1.807) is 42.0 Å². The highest BCUT2D eigenvalue weighted by molar-refractivity contribution is 5.97. The lowest BCUT2D eigenvalue weighted by Crippen LogP contribution is -2.31. The third-order valence-electron chi connectivity index (χ3n) is 6.46. The highest BCUT2D eigenvalue weighted by atomic mass is 19.1. The van der Waals surface area contributed by atoms with Crippen LogP contribution in [0.3, 0.4) is 0 Å². The van der Waals surface area contributed by atoms with Crippen molar-refractivity contribution in [2.45, 2.75) is 38.1 Å². The number of hydrogen-bond donors (Lipinski definition) is 2. The molecule has 8 heteroatoms. The smallest absolute Gasteiger partial charge is 0.311 e. The average molecular weight is 486 g/mol. The number of pyridine rings is 2. The van der Waals surface area contributed by atoms with Gasteiger partial charge in [0.25, 0.3) is 5.91 Å². The van der Waals surface area contributed by atoms with Gasteiger partial charge in [0.2, 0.25) is 5.43 Å². The number of aliphatic carboxylic acids is 1. The molecule has 2 heterocycles. The van der Waals surface area contributed by atoms with Gasteiger partial charge >= 0.3 is 5.97 Å². The van der Waals surface area contributed by atoms with Gasteiger partial charge in [-0.15, -0.1) is 0 Å². The zero-order chi connectivity index (χ0) is 25.4. The van der Waals surface area contributed by atoms with E-state index in [-0.39, 0.29) is 29.0 Å². The first-order valence-corrected chi connectivity index (χ1v) is 11.8. The second-order valence-electron chi connectivity index (χ2n) is 8.95. The SMILES string of the molecule is CC[C@@H](C(=O)O)c1ccc(-c2cccc(-n3cc(C(=O)NC4CC4)c(=O)c4cccnc43)c2)cc1F. The van der Waals surface area contributed by atoms with Gasteiger partial charge in [-0.25, -0.2) is 9.37 Å². The maximum atomic E-state index is 14.9. The fourth-order valence-corrected chi connectivity index (χ4v) is 4.36. The number of carboxylic acid groups (broad SMARTS) is 1. The van der Waals surface area contributed by atoms with Crippen molar-refractivity contribution in [1.29, 1.82) is 0 Å². The lowest BCUT2D eigenvalue weighted by molar-refractivity contribution is -0.138. The second kappa shape index (κ2) is 9.37. The van der Waals surface area contributed by atoms with E-state index in [0.717, 1.165) is 12.8 Å². The van der Waals surface area contributed by atoms with Gasteiger partial charge in [-0.1, -0.05) is 31.2 Å². The van der Waals surface area contributed by atoms with Crippen molar-refractivity contribution in [3.63, 3.8) is 0 Å². The van der Waals surface area contributed by atoms with Crippen LogP contribution in [0.2, 0.25) is 0 Å². The molecule has 0 radical (unpaired) electrons. The maximum Gasteiger partial charge on any atom is 0.311 e. The lowest BCUT2D eigenvalue weighted by atomic mass is 9.93. The van der Waals surface area contributed by atoms with Crippen molar-refractivity contribution in [1.82, 2.24) is 14.9 Å². The van der Waals surface area contributed by atoms with Crippen molar-refractivity contribution < 1.29 is 19.1 Å². The van der Waals surface area contributed by atoms with Gasteiger partial charge in [0.05, 0.1) is 11.3 Å². The average Bonchev–Trinajstić information content (AvgIpc) is 3.69. The van der Waals surface area contributed by atoms with Gasteiger partial charge < -0.3 is 15.0 Å². The van der Waals surface area contributed by atoms with E-state index >= 15 is 0 Å². The van der Waals surface area contributed by atoms with E-state index in [2.05, 4.69) is 10.3 Å². The van der Waals surface area contributed by atoms with Crippen molar-refractivity contribution >= 4 is 22.9 Å². The zero-order valence-electron chi connectivity index (χ0n) is 19.6. The van der Waals surface area contributed by atoms with E-state index in [9.17, 15) is 23.9 Å². The number of carbonyl (C=O) groups is 2. The molecule has 1 amide bonds. The number of hydrogen-bond acceptors (Lipinski definition) is 4. The molecule has 7 nitrogen and oxygen atoms in total. The number of carbonyl (C=O) groups excluding carboxylic acids is 1. The van der Waals surface area contributed by atoms with Crippen LogP contribution in [0, 0.1) is 5.82 Å². The summed E-state index contributed by atoms with van der Waals surface area (Å²) in [5.41, 5.74) is 2.09. The number of nitrogens with one attached hydrogen (secondary N) is 1. The van der Waals surface area contributed by atoms with Gasteiger partial charge in [0, 0.05) is 29.7 Å². The summed E-state index contributed by atoms with van der Waals surface area (Å²) < 4.78 is 16.6. The topological polar surface area (TPSA) is 101 Å². The Labute approximate surface area is 206 Å². The molecule has 0 spiro atoms. The molecule has 36 heavy (non-hydrogen) atoms. The standard InChI is InChI=1S/C28H24FN3O4/c1-2-20(28(35)36)21-11-8-17(14-24(21)29)16-5-3-6-19(13-16)32-15-23(27(34)31-18-9-10-18)25(33)22-7-4-12-30-26(22)32/h3-8,11-15,18,20H,2,9-10H2,1H3,(H,31,34)(H,35,36)/t20-/m1/s1. The number of amides is 1. The van der Waals surface area contributed by atoms with Crippen LogP contribution < -0.4 is 10.7 Å². The Kier molecular flexibility index (Phi) is 6.10. The molecular formula is C28H24FN3O4. The molecule has 0 aliphatic heterocycles. The summed E-state index contributed by atoms with van der Waals surface area (Å²) in [7, 11) is 0. The van der Waals surface area contributed by atoms with Gasteiger partial charge in [0.1, 0.15) is 17.0 Å². The molecule has 0 bridgehead atoms. The molecule has 5 rings (SSSR count). The zero-order valence-corrected chi connectivity index (χ0v) is 19.6. The molecule has 2 N–H and O–H groups in total. The van der Waals surface area contributed by atoms with Gasteiger partial charge in [0.15, 0.2) is 0 Å². The first kappa shape index (κ1) is 23.4. The van der Waals surface area contributed by atoms with E-state index in [0.29, 0.717) is 27.8 Å². The Bertz CT molecular complexity index is 1560. The summed E-state index contributed by atoms with van der Waals surface area (Å²) >= 11 is 0. The van der Waals surface area contributed by atoms with Crippen LogP contribution in [0.5, 0.6) is 0 Å². The molecule has 2 aromatic heterocycles. The Morgan fingerprint density at radius 1 is 1.14 bits per heavy atom. The summed E-state index contributed by atoms with van der Waals surface area (Å²) in [4.78, 5) is 41.7. The van der Waals surface area contributed by atoms with Gasteiger partial charge in [-0.2, -0.15) is 0 Å². The van der Waals surface area contributed by atoms with E-state index in [1.165, 1.54) is 18.3 Å². The predicted octanol–water partition coefficient (Wildman–Crippen LogP) is 4.66. The molecule has 4 aromatic rings. The van der Waals surface area contributed by atoms with E-state index in [1.807, 2.05) is 18.2 Å². The monoisotopic (exact) mass is 485 g/mol. The van der Waals surface area contributed by atoms with Crippen LogP contribution >= 0.6 is 0 Å². The number of rotatable bonds is 7.